The van der Waals surface area contributed by atoms with Crippen LogP contribution in [0.25, 0.3) is 0 Å². The summed E-state index contributed by atoms with van der Waals surface area (Å²) in [6.45, 7) is 8.34. The van der Waals surface area contributed by atoms with Gasteiger partial charge in [-0.15, -0.1) is 0 Å². The van der Waals surface area contributed by atoms with Crippen LogP contribution in [0.2, 0.25) is 0 Å². The number of aromatic nitrogens is 1. The van der Waals surface area contributed by atoms with Gasteiger partial charge >= 0.3 is 12.2 Å². The van der Waals surface area contributed by atoms with Crippen LogP contribution in [0.15, 0.2) is 42.6 Å². The number of benzene rings is 1. The molecule has 32 heavy (non-hydrogen) atoms. The van der Waals surface area contributed by atoms with E-state index in [1.54, 1.807) is 37.1 Å². The number of anilines is 2. The highest BCUT2D eigenvalue weighted by atomic mass is 19.4. The van der Waals surface area contributed by atoms with Gasteiger partial charge in [0.2, 0.25) is 0 Å². The molecule has 0 atom stereocenters. The number of carbonyl (C=O) groups excluding carboxylic acids is 2. The van der Waals surface area contributed by atoms with E-state index >= 15 is 0 Å². The van der Waals surface area contributed by atoms with Crippen LogP contribution in [0, 0.1) is 5.92 Å². The molecule has 1 aromatic carbocycles. The Morgan fingerprint density at radius 3 is 2.12 bits per heavy atom. The molecular weight excluding hydrogens is 421 g/mol. The number of alkyl halides is 3. The average molecular weight is 451 g/mol. The lowest BCUT2D eigenvalue weighted by Crippen LogP contribution is -2.43. The molecule has 174 valence electrons. The maximum Gasteiger partial charge on any atom is 0.386 e. The zero-order chi connectivity index (χ0) is 24.3. The van der Waals surface area contributed by atoms with Gasteiger partial charge in [-0.2, -0.15) is 13.2 Å². The summed E-state index contributed by atoms with van der Waals surface area (Å²) >= 11 is 0. The fourth-order valence-electron chi connectivity index (χ4n) is 3.36. The smallest absolute Gasteiger partial charge is 0.384 e. The van der Waals surface area contributed by atoms with Crippen molar-refractivity contribution < 1.29 is 22.8 Å². The Bertz CT molecular complexity index is 950. The van der Waals surface area contributed by atoms with E-state index < -0.39 is 11.7 Å². The third kappa shape index (κ3) is 6.45. The number of imide groups is 1. The highest BCUT2D eigenvalue weighted by molar-refractivity contribution is 6.22. The number of nitrogen functional groups attached to an aromatic ring is 1. The summed E-state index contributed by atoms with van der Waals surface area (Å²) in [5.74, 6) is 0.708. The maximum absolute atomic E-state index is 13.1. The number of nitrogens with two attached hydrogens (primary N) is 1. The van der Waals surface area contributed by atoms with Crippen LogP contribution in [0.5, 0.6) is 0 Å². The lowest BCUT2D eigenvalue weighted by molar-refractivity contribution is -0.123. The van der Waals surface area contributed by atoms with Gasteiger partial charge in [0.05, 0.1) is 5.69 Å². The normalized spacial score (nSPS) is 15.8. The topological polar surface area (TPSA) is 79.5 Å². The minimum Gasteiger partial charge on any atom is -0.384 e. The lowest BCUT2D eigenvalue weighted by atomic mass is 10.0. The zero-order valence-corrected chi connectivity index (χ0v) is 18.9. The Morgan fingerprint density at radius 2 is 1.62 bits per heavy atom. The number of nitrogens with zero attached hydrogens (tertiary/aromatic N) is 3. The van der Waals surface area contributed by atoms with Crippen LogP contribution in [0.4, 0.5) is 29.5 Å². The highest BCUT2D eigenvalue weighted by Crippen LogP contribution is 2.33. The lowest BCUT2D eigenvalue weighted by Gasteiger charge is -2.27. The van der Waals surface area contributed by atoms with Crippen LogP contribution in [0.1, 0.15) is 45.7 Å². The molecule has 1 aliphatic rings. The molecule has 3 rings (SSSR count). The first-order valence-electron chi connectivity index (χ1n) is 10.2. The van der Waals surface area contributed by atoms with Crippen molar-refractivity contribution >= 4 is 23.4 Å². The molecule has 1 aliphatic heterocycles. The van der Waals surface area contributed by atoms with Crippen LogP contribution in [-0.2, 0) is 17.8 Å². The summed E-state index contributed by atoms with van der Waals surface area (Å²) in [7, 11) is 0. The number of halogens is 3. The van der Waals surface area contributed by atoms with E-state index in [2.05, 4.69) is 18.8 Å². The molecule has 1 saturated heterocycles. The van der Waals surface area contributed by atoms with Crippen molar-refractivity contribution in [1.82, 2.24) is 9.88 Å². The Morgan fingerprint density at radius 1 is 1.06 bits per heavy atom. The van der Waals surface area contributed by atoms with E-state index in [1.807, 2.05) is 24.3 Å². The van der Waals surface area contributed by atoms with E-state index in [0.717, 1.165) is 12.0 Å². The SMILES string of the molecule is CC(C)Cc1ccc(N2C(=O)N(Cc3ccnc(N)c3)C(C)(C)C2=O)cc1.CC(F)(F)F. The van der Waals surface area contributed by atoms with Crippen LogP contribution in [-0.4, -0.2) is 33.5 Å². The van der Waals surface area contributed by atoms with E-state index in [4.69, 9.17) is 5.73 Å². The molecular formula is C23H29F3N4O2. The number of urea groups is 1. The van der Waals surface area contributed by atoms with Gasteiger partial charge in [-0.05, 0) is 61.6 Å². The third-order valence-electron chi connectivity index (χ3n) is 4.85. The van der Waals surface area contributed by atoms with Crippen molar-refractivity contribution in [3.63, 3.8) is 0 Å². The molecule has 2 N–H and O–H groups in total. The van der Waals surface area contributed by atoms with Crippen LogP contribution >= 0.6 is 0 Å². The number of pyridine rings is 1. The largest absolute Gasteiger partial charge is 0.386 e. The Hall–Kier alpha value is -3.10. The zero-order valence-electron chi connectivity index (χ0n) is 18.9. The minimum atomic E-state index is -4.00. The first-order chi connectivity index (χ1) is 14.7. The van der Waals surface area contributed by atoms with Gasteiger partial charge < -0.3 is 10.6 Å². The van der Waals surface area contributed by atoms with Gasteiger partial charge in [0, 0.05) is 19.7 Å². The molecule has 1 aromatic heterocycles. The molecule has 0 radical (unpaired) electrons. The average Bonchev–Trinajstić information content (AvgIpc) is 2.81. The standard InChI is InChI=1S/C21H26N4O2.C2H3F3/c1-14(2)11-15-5-7-17(8-6-15)25-19(26)21(3,4)24(20(25)27)13-16-9-10-23-18(22)12-16;1-2(3,4)5/h5-10,12,14H,11,13H2,1-4H3,(H2,22,23);1H3. The quantitative estimate of drug-likeness (QED) is 0.637. The summed E-state index contributed by atoms with van der Waals surface area (Å²) in [6.07, 6.45) is -1.44. The second-order valence-electron chi connectivity index (χ2n) is 8.70. The van der Waals surface area contributed by atoms with Gasteiger partial charge in [-0.25, -0.2) is 14.7 Å². The predicted molar refractivity (Wildman–Crippen MR) is 118 cm³/mol. The van der Waals surface area contributed by atoms with E-state index in [9.17, 15) is 22.8 Å². The second-order valence-corrected chi connectivity index (χ2v) is 8.70. The van der Waals surface area contributed by atoms with Gasteiger partial charge in [-0.3, -0.25) is 4.79 Å². The van der Waals surface area contributed by atoms with E-state index in [-0.39, 0.29) is 18.9 Å². The third-order valence-corrected chi connectivity index (χ3v) is 4.85. The molecule has 0 aliphatic carbocycles. The van der Waals surface area contributed by atoms with Gasteiger partial charge in [0.25, 0.3) is 5.91 Å². The molecule has 9 heteroatoms. The molecule has 0 unspecified atom stereocenters. The van der Waals surface area contributed by atoms with Crippen molar-refractivity contribution in [2.45, 2.75) is 59.3 Å². The monoisotopic (exact) mass is 450 g/mol. The van der Waals surface area contributed by atoms with Crippen molar-refractivity contribution in [1.29, 1.82) is 0 Å². The molecule has 6 nitrogen and oxygen atoms in total. The Balaban J connectivity index is 0.000000654. The maximum atomic E-state index is 13.1. The van der Waals surface area contributed by atoms with Gasteiger partial charge in [0.1, 0.15) is 11.4 Å². The number of carbonyl (C=O) groups is 2. The number of hydrogen-bond acceptors (Lipinski definition) is 4. The summed E-state index contributed by atoms with van der Waals surface area (Å²) in [5, 5.41) is 0. The molecule has 2 heterocycles. The molecule has 0 saturated carbocycles. The molecule has 3 amide bonds. The summed E-state index contributed by atoms with van der Waals surface area (Å²) < 4.78 is 31.1. The van der Waals surface area contributed by atoms with Gasteiger partial charge in [-0.1, -0.05) is 26.0 Å². The second kappa shape index (κ2) is 9.58. The van der Waals surface area contributed by atoms with Crippen molar-refractivity contribution in [3.8, 4) is 0 Å². The van der Waals surface area contributed by atoms with Crippen LogP contribution in [0.3, 0.4) is 0 Å². The first kappa shape index (κ1) is 25.2. The van der Waals surface area contributed by atoms with Gasteiger partial charge in [0.15, 0.2) is 0 Å². The number of amides is 3. The van der Waals surface area contributed by atoms with Crippen molar-refractivity contribution in [3.05, 3.63) is 53.7 Å². The molecule has 0 bridgehead atoms. The summed E-state index contributed by atoms with van der Waals surface area (Å²) in [5.41, 5.74) is 7.43. The fraction of sp³-hybridized carbons (Fsp3) is 0.435. The number of rotatable bonds is 5. The highest BCUT2D eigenvalue weighted by Gasteiger charge is 2.51. The van der Waals surface area contributed by atoms with E-state index in [1.165, 1.54) is 10.5 Å². The molecule has 2 aromatic rings. The predicted octanol–water partition coefficient (Wildman–Crippen LogP) is 5.18. The number of hydrogen-bond donors (Lipinski definition) is 1. The van der Waals surface area contributed by atoms with Crippen LogP contribution < -0.4 is 10.6 Å². The summed E-state index contributed by atoms with van der Waals surface area (Å²) in [4.78, 5) is 32.9. The summed E-state index contributed by atoms with van der Waals surface area (Å²) in [6, 6.07) is 10.8. The minimum absolute atomic E-state index is 0.188. The Kier molecular flexibility index (Phi) is 7.54. The molecule has 1 fully saturated rings. The van der Waals surface area contributed by atoms with Crippen molar-refractivity contribution in [2.24, 2.45) is 5.92 Å². The van der Waals surface area contributed by atoms with Crippen molar-refractivity contribution in [2.75, 3.05) is 10.6 Å². The fourth-order valence-corrected chi connectivity index (χ4v) is 3.36. The molecule has 0 spiro atoms. The first-order valence-corrected chi connectivity index (χ1v) is 10.2. The van der Waals surface area contributed by atoms with E-state index in [0.29, 0.717) is 24.0 Å². The Labute approximate surface area is 186 Å².